The van der Waals surface area contributed by atoms with Gasteiger partial charge in [-0.2, -0.15) is 0 Å². The number of aliphatic hydroxyl groups is 1. The molecule has 0 atom stereocenters. The van der Waals surface area contributed by atoms with Crippen molar-refractivity contribution >= 4 is 0 Å². The Morgan fingerprint density at radius 3 is 2.75 bits per heavy atom. The highest BCUT2D eigenvalue weighted by Gasteiger charge is 2.31. The second-order valence-corrected chi connectivity index (χ2v) is 5.65. The number of ether oxygens (including phenoxy) is 2. The maximum Gasteiger partial charge on any atom is 0.122 e. The van der Waals surface area contributed by atoms with E-state index in [0.29, 0.717) is 39.1 Å². The molecule has 1 fully saturated rings. The summed E-state index contributed by atoms with van der Waals surface area (Å²) in [5.41, 5.74) is 1.26. The molecule has 1 N–H and O–H groups in total. The quantitative estimate of drug-likeness (QED) is 0.883. The van der Waals surface area contributed by atoms with E-state index in [1.807, 2.05) is 26.1 Å². The van der Waals surface area contributed by atoms with Gasteiger partial charge in [0, 0.05) is 57.0 Å². The van der Waals surface area contributed by atoms with Crippen LogP contribution in [0.2, 0.25) is 0 Å². The monoisotopic (exact) mass is 280 g/mol. The van der Waals surface area contributed by atoms with Crippen LogP contribution in [0.5, 0.6) is 5.75 Å². The van der Waals surface area contributed by atoms with Gasteiger partial charge in [0.25, 0.3) is 0 Å². The summed E-state index contributed by atoms with van der Waals surface area (Å²) >= 11 is 0. The molecule has 0 unspecified atom stereocenters. The van der Waals surface area contributed by atoms with Crippen LogP contribution >= 0.6 is 0 Å². The summed E-state index contributed by atoms with van der Waals surface area (Å²) in [5, 5.41) is 10.5. The van der Waals surface area contributed by atoms with Crippen molar-refractivity contribution in [2.24, 2.45) is 0 Å². The number of hydrogen-bond donors (Lipinski definition) is 1. The highest BCUT2D eigenvalue weighted by Crippen LogP contribution is 2.22. The summed E-state index contributed by atoms with van der Waals surface area (Å²) in [4.78, 5) is 6.61. The van der Waals surface area contributed by atoms with E-state index in [1.54, 1.807) is 7.11 Å². The Labute approximate surface area is 120 Å². The zero-order valence-corrected chi connectivity index (χ0v) is 12.6. The molecule has 0 radical (unpaired) electrons. The molecule has 5 heteroatoms. The predicted molar refractivity (Wildman–Crippen MR) is 76.9 cm³/mol. The largest absolute Gasteiger partial charge is 0.497 e. The molecule has 0 saturated carbocycles. The van der Waals surface area contributed by atoms with E-state index in [9.17, 15) is 5.11 Å². The second-order valence-electron chi connectivity index (χ2n) is 5.65. The first-order valence-electron chi connectivity index (χ1n) is 7.01. The summed E-state index contributed by atoms with van der Waals surface area (Å²) in [6.07, 6.45) is 1.39. The van der Waals surface area contributed by atoms with Crippen molar-refractivity contribution < 1.29 is 14.6 Å². The van der Waals surface area contributed by atoms with Crippen LogP contribution in [0.1, 0.15) is 24.2 Å². The van der Waals surface area contributed by atoms with Gasteiger partial charge in [-0.25, -0.2) is 0 Å². The van der Waals surface area contributed by atoms with Crippen LogP contribution in [-0.4, -0.2) is 54.5 Å². The van der Waals surface area contributed by atoms with Gasteiger partial charge < -0.3 is 14.6 Å². The molecule has 2 rings (SSSR count). The van der Waals surface area contributed by atoms with Crippen LogP contribution < -0.4 is 4.74 Å². The van der Waals surface area contributed by atoms with E-state index < -0.39 is 5.60 Å². The third-order valence-electron chi connectivity index (χ3n) is 3.64. The summed E-state index contributed by atoms with van der Waals surface area (Å²) < 4.78 is 10.6. The average molecular weight is 280 g/mol. The van der Waals surface area contributed by atoms with E-state index >= 15 is 0 Å². The Hall–Kier alpha value is -1.17. The van der Waals surface area contributed by atoms with Gasteiger partial charge >= 0.3 is 0 Å². The van der Waals surface area contributed by atoms with Crippen molar-refractivity contribution in [1.82, 2.24) is 9.88 Å². The molecule has 1 aliphatic heterocycles. The van der Waals surface area contributed by atoms with Gasteiger partial charge in [-0.05, 0) is 14.0 Å². The summed E-state index contributed by atoms with van der Waals surface area (Å²) in [7, 11) is 3.66. The van der Waals surface area contributed by atoms with Gasteiger partial charge in [0.05, 0.1) is 18.4 Å². The minimum Gasteiger partial charge on any atom is -0.497 e. The van der Waals surface area contributed by atoms with Crippen LogP contribution in [0, 0.1) is 6.92 Å². The Morgan fingerprint density at radius 1 is 1.40 bits per heavy atom. The Morgan fingerprint density at radius 2 is 2.10 bits per heavy atom. The third kappa shape index (κ3) is 4.16. The molecule has 0 bridgehead atoms. The molecule has 0 spiro atoms. The van der Waals surface area contributed by atoms with Crippen molar-refractivity contribution in [2.75, 3.05) is 33.9 Å². The molecule has 5 nitrogen and oxygen atoms in total. The number of aromatic nitrogens is 1. The molecule has 1 aromatic rings. The zero-order valence-electron chi connectivity index (χ0n) is 12.6. The van der Waals surface area contributed by atoms with Gasteiger partial charge in [0.1, 0.15) is 5.75 Å². The third-order valence-corrected chi connectivity index (χ3v) is 3.64. The lowest BCUT2D eigenvalue weighted by Crippen LogP contribution is -2.45. The summed E-state index contributed by atoms with van der Waals surface area (Å²) in [6, 6.07) is 3.85. The molecule has 0 aliphatic carbocycles. The van der Waals surface area contributed by atoms with Gasteiger partial charge in [-0.3, -0.25) is 9.88 Å². The number of aryl methyl sites for hydroxylation is 1. The molecule has 0 aromatic carbocycles. The van der Waals surface area contributed by atoms with Gasteiger partial charge in [0.15, 0.2) is 0 Å². The van der Waals surface area contributed by atoms with Gasteiger partial charge in [-0.1, -0.05) is 0 Å². The number of methoxy groups -OCH3 is 1. The number of pyridine rings is 1. The molecule has 1 aliphatic rings. The fourth-order valence-corrected chi connectivity index (χ4v) is 2.65. The number of rotatable bonds is 5. The van der Waals surface area contributed by atoms with Crippen molar-refractivity contribution in [2.45, 2.75) is 31.9 Å². The first-order chi connectivity index (χ1) is 9.50. The van der Waals surface area contributed by atoms with E-state index in [0.717, 1.165) is 17.1 Å². The van der Waals surface area contributed by atoms with Crippen molar-refractivity contribution in [1.29, 1.82) is 0 Å². The fourth-order valence-electron chi connectivity index (χ4n) is 2.65. The lowest BCUT2D eigenvalue weighted by Gasteiger charge is -2.35. The molecular weight excluding hydrogens is 256 g/mol. The first-order valence-corrected chi connectivity index (χ1v) is 7.01. The molecule has 20 heavy (non-hydrogen) atoms. The number of nitrogens with zero attached hydrogens (tertiary/aromatic N) is 2. The van der Waals surface area contributed by atoms with E-state index in [4.69, 9.17) is 9.47 Å². The van der Waals surface area contributed by atoms with Crippen molar-refractivity contribution in [3.63, 3.8) is 0 Å². The van der Waals surface area contributed by atoms with Crippen LogP contribution in [0.3, 0.4) is 0 Å². The Bertz CT molecular complexity index is 445. The Kier molecular flexibility index (Phi) is 4.96. The SMILES string of the molecule is COc1cc(C)nc(CN(C)CC2(O)CCOCC2)c1. The smallest absolute Gasteiger partial charge is 0.122 e. The fraction of sp³-hybridized carbons (Fsp3) is 0.667. The lowest BCUT2D eigenvalue weighted by atomic mass is 9.94. The van der Waals surface area contributed by atoms with E-state index in [-0.39, 0.29) is 0 Å². The molecule has 112 valence electrons. The summed E-state index contributed by atoms with van der Waals surface area (Å²) in [6.45, 7) is 4.56. The average Bonchev–Trinajstić information content (AvgIpc) is 2.37. The highest BCUT2D eigenvalue weighted by molar-refractivity contribution is 5.26. The summed E-state index contributed by atoms with van der Waals surface area (Å²) in [5.74, 6) is 0.825. The van der Waals surface area contributed by atoms with Crippen molar-refractivity contribution in [3.05, 3.63) is 23.5 Å². The van der Waals surface area contributed by atoms with Crippen LogP contribution in [-0.2, 0) is 11.3 Å². The van der Waals surface area contributed by atoms with Gasteiger partial charge in [0.2, 0.25) is 0 Å². The minimum absolute atomic E-state index is 0.633. The normalized spacial score (nSPS) is 18.2. The molecule has 1 aromatic heterocycles. The maximum absolute atomic E-state index is 10.5. The Balaban J connectivity index is 1.96. The van der Waals surface area contributed by atoms with Crippen LogP contribution in [0.25, 0.3) is 0 Å². The topological polar surface area (TPSA) is 54.8 Å². The molecule has 2 heterocycles. The molecular formula is C15H24N2O3. The van der Waals surface area contributed by atoms with E-state index in [1.165, 1.54) is 0 Å². The van der Waals surface area contributed by atoms with Crippen molar-refractivity contribution in [3.8, 4) is 5.75 Å². The highest BCUT2D eigenvalue weighted by atomic mass is 16.5. The zero-order chi connectivity index (χ0) is 14.6. The minimum atomic E-state index is -0.638. The number of hydrogen-bond acceptors (Lipinski definition) is 5. The molecule has 1 saturated heterocycles. The van der Waals surface area contributed by atoms with Crippen LogP contribution in [0.4, 0.5) is 0 Å². The lowest BCUT2D eigenvalue weighted by molar-refractivity contribution is -0.0778. The predicted octanol–water partition coefficient (Wildman–Crippen LogP) is 1.37. The van der Waals surface area contributed by atoms with E-state index in [2.05, 4.69) is 9.88 Å². The van der Waals surface area contributed by atoms with Gasteiger partial charge in [-0.15, -0.1) is 0 Å². The number of likely N-dealkylation sites (N-methyl/N-ethyl adjacent to an activating group) is 1. The standard InChI is InChI=1S/C15H24N2O3/c1-12-8-14(19-3)9-13(16-12)10-17(2)11-15(18)4-6-20-7-5-15/h8-9,18H,4-7,10-11H2,1-3H3. The second kappa shape index (κ2) is 6.52. The first kappa shape index (κ1) is 15.2. The maximum atomic E-state index is 10.5. The van der Waals surface area contributed by atoms with Crippen LogP contribution in [0.15, 0.2) is 12.1 Å². The molecule has 0 amide bonds.